The van der Waals surface area contributed by atoms with Crippen molar-refractivity contribution in [3.05, 3.63) is 72.1 Å². The fourth-order valence-corrected chi connectivity index (χ4v) is 2.89. The van der Waals surface area contributed by atoms with Gasteiger partial charge in [0, 0.05) is 18.5 Å². The molecule has 1 N–H and O–H groups in total. The van der Waals surface area contributed by atoms with Gasteiger partial charge in [-0.2, -0.15) is 5.10 Å². The van der Waals surface area contributed by atoms with Gasteiger partial charge in [0.15, 0.2) is 5.69 Å². The minimum atomic E-state index is -0.247. The number of amides is 1. The molecule has 0 saturated heterocycles. The number of methoxy groups -OCH3 is 1. The normalized spacial score (nSPS) is 13.3. The lowest BCUT2D eigenvalue weighted by atomic mass is 10.2. The summed E-state index contributed by atoms with van der Waals surface area (Å²) in [5, 5.41) is 7.27. The number of carbonyl (C=O) groups is 1. The molecule has 0 radical (unpaired) electrons. The number of nitrogens with zero attached hydrogens (tertiary/aromatic N) is 2. The molecule has 28 heavy (non-hydrogen) atoms. The molecule has 1 aliphatic carbocycles. The third-order valence-corrected chi connectivity index (χ3v) is 4.66. The van der Waals surface area contributed by atoms with Crippen LogP contribution in [-0.4, -0.2) is 29.4 Å². The first-order valence-corrected chi connectivity index (χ1v) is 9.39. The maximum absolute atomic E-state index is 12.5. The Morgan fingerprint density at radius 2 is 2.00 bits per heavy atom. The Hall–Kier alpha value is -3.12. The van der Waals surface area contributed by atoms with Crippen molar-refractivity contribution in [3.63, 3.8) is 0 Å². The number of anilines is 1. The lowest BCUT2D eigenvalue weighted by Gasteiger charge is -2.07. The van der Waals surface area contributed by atoms with E-state index in [9.17, 15) is 4.79 Å². The molecule has 1 aliphatic rings. The molecule has 3 aromatic rings. The summed E-state index contributed by atoms with van der Waals surface area (Å²) < 4.78 is 12.5. The van der Waals surface area contributed by atoms with Crippen LogP contribution in [0.4, 0.5) is 5.69 Å². The molecule has 144 valence electrons. The number of rotatable bonds is 8. The highest BCUT2D eigenvalue weighted by Crippen LogP contribution is 2.29. The Morgan fingerprint density at radius 1 is 1.18 bits per heavy atom. The average Bonchev–Trinajstić information content (AvgIpc) is 3.41. The number of aromatic nitrogens is 2. The van der Waals surface area contributed by atoms with Crippen LogP contribution in [0.3, 0.4) is 0 Å². The van der Waals surface area contributed by atoms with Crippen LogP contribution in [0, 0.1) is 5.92 Å². The summed E-state index contributed by atoms with van der Waals surface area (Å²) in [5.41, 5.74) is 2.99. The molecule has 0 bridgehead atoms. The Bertz CT molecular complexity index is 946. The minimum Gasteiger partial charge on any atom is -0.497 e. The lowest BCUT2D eigenvalue weighted by molar-refractivity contribution is 0.102. The van der Waals surface area contributed by atoms with E-state index in [4.69, 9.17) is 9.47 Å². The Kier molecular flexibility index (Phi) is 5.39. The minimum absolute atomic E-state index is 0.247. The summed E-state index contributed by atoms with van der Waals surface area (Å²) >= 11 is 0. The molecule has 0 aliphatic heterocycles. The maximum atomic E-state index is 12.5. The second-order valence-corrected chi connectivity index (χ2v) is 6.96. The predicted octanol–water partition coefficient (Wildman–Crippen LogP) is 4.06. The van der Waals surface area contributed by atoms with E-state index in [1.807, 2.05) is 48.5 Å². The molecule has 4 rings (SSSR count). The van der Waals surface area contributed by atoms with Crippen LogP contribution in [0.5, 0.6) is 5.75 Å². The van der Waals surface area contributed by atoms with E-state index in [0.29, 0.717) is 12.3 Å². The van der Waals surface area contributed by atoms with Crippen LogP contribution in [0.15, 0.2) is 60.8 Å². The van der Waals surface area contributed by atoms with Crippen molar-refractivity contribution in [1.82, 2.24) is 9.78 Å². The number of ether oxygens (including phenoxy) is 2. The van der Waals surface area contributed by atoms with Crippen LogP contribution >= 0.6 is 0 Å². The van der Waals surface area contributed by atoms with E-state index in [0.717, 1.165) is 35.2 Å². The average molecular weight is 377 g/mol. The van der Waals surface area contributed by atoms with E-state index < -0.39 is 0 Å². The maximum Gasteiger partial charge on any atom is 0.276 e. The molecule has 1 fully saturated rings. The standard InChI is InChI=1S/C22H23N3O3/c1-27-20-9-7-19(8-10-20)25-12-11-21(24-25)22(26)23-18-4-2-3-17(13-18)15-28-14-16-5-6-16/h2-4,7-13,16H,5-6,14-15H2,1H3,(H,23,26). The molecule has 2 aromatic carbocycles. The zero-order valence-electron chi connectivity index (χ0n) is 15.8. The summed E-state index contributed by atoms with van der Waals surface area (Å²) in [4.78, 5) is 12.5. The molecule has 1 heterocycles. The van der Waals surface area contributed by atoms with Gasteiger partial charge >= 0.3 is 0 Å². The fraction of sp³-hybridized carbons (Fsp3) is 0.273. The Morgan fingerprint density at radius 3 is 2.75 bits per heavy atom. The van der Waals surface area contributed by atoms with Crippen LogP contribution in [0.1, 0.15) is 28.9 Å². The molecular formula is C22H23N3O3. The SMILES string of the molecule is COc1ccc(-n2ccc(C(=O)Nc3cccc(COCC4CC4)c3)n2)cc1. The van der Waals surface area contributed by atoms with E-state index in [1.165, 1.54) is 12.8 Å². The molecular weight excluding hydrogens is 354 g/mol. The summed E-state index contributed by atoms with van der Waals surface area (Å²) in [6, 6.07) is 16.9. The fourth-order valence-electron chi connectivity index (χ4n) is 2.89. The summed E-state index contributed by atoms with van der Waals surface area (Å²) in [5.74, 6) is 1.27. The number of nitrogens with one attached hydrogen (secondary N) is 1. The number of hydrogen-bond acceptors (Lipinski definition) is 4. The molecule has 1 amide bonds. The van der Waals surface area contributed by atoms with Crippen LogP contribution < -0.4 is 10.1 Å². The summed E-state index contributed by atoms with van der Waals surface area (Å²) in [6.07, 6.45) is 4.32. The predicted molar refractivity (Wildman–Crippen MR) is 107 cm³/mol. The van der Waals surface area contributed by atoms with E-state index in [-0.39, 0.29) is 5.91 Å². The zero-order valence-corrected chi connectivity index (χ0v) is 15.8. The van der Waals surface area contributed by atoms with Gasteiger partial charge < -0.3 is 14.8 Å². The molecule has 0 atom stereocenters. The molecule has 1 aromatic heterocycles. The highest BCUT2D eigenvalue weighted by molar-refractivity contribution is 6.02. The topological polar surface area (TPSA) is 65.4 Å². The van der Waals surface area contributed by atoms with E-state index in [1.54, 1.807) is 24.1 Å². The van der Waals surface area contributed by atoms with Gasteiger partial charge in [-0.25, -0.2) is 4.68 Å². The van der Waals surface area contributed by atoms with Crippen LogP contribution in [-0.2, 0) is 11.3 Å². The first-order valence-electron chi connectivity index (χ1n) is 9.39. The molecule has 1 saturated carbocycles. The number of hydrogen-bond donors (Lipinski definition) is 1. The summed E-state index contributed by atoms with van der Waals surface area (Å²) in [6.45, 7) is 1.38. The van der Waals surface area contributed by atoms with Gasteiger partial charge in [0.05, 0.1) is 19.4 Å². The van der Waals surface area contributed by atoms with Crippen molar-refractivity contribution >= 4 is 11.6 Å². The molecule has 0 spiro atoms. The first kappa shape index (κ1) is 18.3. The largest absolute Gasteiger partial charge is 0.497 e. The molecule has 0 unspecified atom stereocenters. The highest BCUT2D eigenvalue weighted by atomic mass is 16.5. The second kappa shape index (κ2) is 8.27. The van der Waals surface area contributed by atoms with Crippen molar-refractivity contribution in [2.75, 3.05) is 19.0 Å². The first-order chi connectivity index (χ1) is 13.7. The van der Waals surface area contributed by atoms with Crippen molar-refractivity contribution in [3.8, 4) is 11.4 Å². The third-order valence-electron chi connectivity index (χ3n) is 4.66. The van der Waals surface area contributed by atoms with Gasteiger partial charge in [0.25, 0.3) is 5.91 Å². The van der Waals surface area contributed by atoms with Gasteiger partial charge in [-0.1, -0.05) is 12.1 Å². The zero-order chi connectivity index (χ0) is 19.3. The van der Waals surface area contributed by atoms with Gasteiger partial charge in [-0.15, -0.1) is 0 Å². The van der Waals surface area contributed by atoms with Crippen LogP contribution in [0.2, 0.25) is 0 Å². The van der Waals surface area contributed by atoms with Crippen molar-refractivity contribution in [2.24, 2.45) is 5.92 Å². The molecule has 6 nitrogen and oxygen atoms in total. The molecule has 6 heteroatoms. The van der Waals surface area contributed by atoms with Gasteiger partial charge in [-0.3, -0.25) is 4.79 Å². The monoisotopic (exact) mass is 377 g/mol. The van der Waals surface area contributed by atoms with E-state index in [2.05, 4.69) is 10.4 Å². The van der Waals surface area contributed by atoms with Gasteiger partial charge in [0.1, 0.15) is 5.75 Å². The lowest BCUT2D eigenvalue weighted by Crippen LogP contribution is -2.13. The third kappa shape index (κ3) is 4.58. The second-order valence-electron chi connectivity index (χ2n) is 6.96. The van der Waals surface area contributed by atoms with E-state index >= 15 is 0 Å². The van der Waals surface area contributed by atoms with Crippen molar-refractivity contribution in [1.29, 1.82) is 0 Å². The number of benzene rings is 2. The van der Waals surface area contributed by atoms with Crippen molar-refractivity contribution in [2.45, 2.75) is 19.4 Å². The highest BCUT2D eigenvalue weighted by Gasteiger charge is 2.21. The Balaban J connectivity index is 1.38. The van der Waals surface area contributed by atoms with Gasteiger partial charge in [-0.05, 0) is 66.8 Å². The summed E-state index contributed by atoms with van der Waals surface area (Å²) in [7, 11) is 1.62. The Labute approximate surface area is 164 Å². The van der Waals surface area contributed by atoms with Gasteiger partial charge in [0.2, 0.25) is 0 Å². The number of carbonyl (C=O) groups excluding carboxylic acids is 1. The van der Waals surface area contributed by atoms with Crippen molar-refractivity contribution < 1.29 is 14.3 Å². The smallest absolute Gasteiger partial charge is 0.276 e. The van der Waals surface area contributed by atoms with Crippen LogP contribution in [0.25, 0.3) is 5.69 Å². The quantitative estimate of drug-likeness (QED) is 0.643.